The molecule has 3 heteroatoms. The molecule has 0 radical (unpaired) electrons. The Labute approximate surface area is 472 Å². The summed E-state index contributed by atoms with van der Waals surface area (Å²) in [5, 5.41) is 0. The molecule has 0 saturated heterocycles. The average molecular weight is 1030 g/mol. The third-order valence-corrected chi connectivity index (χ3v) is 17.8. The smallest absolute Gasteiger partial charge is 0.0742 e. The van der Waals surface area contributed by atoms with Crippen molar-refractivity contribution in [3.8, 4) is 22.3 Å². The van der Waals surface area contributed by atoms with Crippen LogP contribution in [-0.4, -0.2) is 0 Å². The first-order valence-electron chi connectivity index (χ1n) is 28.3. The Morgan fingerprint density at radius 2 is 0.613 bits per heavy atom. The molecule has 80 heavy (non-hydrogen) atoms. The van der Waals surface area contributed by atoms with Crippen LogP contribution in [0.4, 0.5) is 51.2 Å². The summed E-state index contributed by atoms with van der Waals surface area (Å²) in [6.07, 6.45) is 0. The highest BCUT2D eigenvalue weighted by molar-refractivity contribution is 5.92. The molecule has 0 aromatic heterocycles. The van der Waals surface area contributed by atoms with Gasteiger partial charge in [0.15, 0.2) is 0 Å². The number of nitrogens with zero attached hydrogens (tertiary/aromatic N) is 3. The van der Waals surface area contributed by atoms with Crippen molar-refractivity contribution in [2.75, 3.05) is 14.7 Å². The van der Waals surface area contributed by atoms with Crippen LogP contribution >= 0.6 is 0 Å². The van der Waals surface area contributed by atoms with Crippen LogP contribution in [0.2, 0.25) is 0 Å². The van der Waals surface area contributed by atoms with E-state index in [0.717, 1.165) is 51.2 Å². The molecule has 14 rings (SSSR count). The molecular formula is C77H65N3. The van der Waals surface area contributed by atoms with Gasteiger partial charge in [0.1, 0.15) is 0 Å². The fraction of sp³-hybridized carbons (Fsp3) is 0.143. The fourth-order valence-electron chi connectivity index (χ4n) is 14.3. The van der Waals surface area contributed by atoms with Crippen molar-refractivity contribution in [1.82, 2.24) is 0 Å². The van der Waals surface area contributed by atoms with Gasteiger partial charge in [0.2, 0.25) is 0 Å². The number of hydrogen-bond donors (Lipinski definition) is 0. The number of aryl methyl sites for hydroxylation is 4. The van der Waals surface area contributed by atoms with E-state index < -0.39 is 5.41 Å². The molecular weight excluding hydrogens is 967 g/mol. The maximum atomic E-state index is 2.46. The molecule has 0 atom stereocenters. The Morgan fingerprint density at radius 1 is 0.275 bits per heavy atom. The minimum absolute atomic E-state index is 0.141. The number of rotatable bonds is 9. The molecule has 0 unspecified atom stereocenters. The molecule has 1 aliphatic heterocycles. The van der Waals surface area contributed by atoms with Crippen molar-refractivity contribution >= 4 is 51.2 Å². The third-order valence-electron chi connectivity index (χ3n) is 17.8. The van der Waals surface area contributed by atoms with Gasteiger partial charge in [-0.3, -0.25) is 0 Å². The van der Waals surface area contributed by atoms with Gasteiger partial charge in [-0.25, -0.2) is 0 Å². The van der Waals surface area contributed by atoms with Crippen LogP contribution < -0.4 is 14.7 Å². The third kappa shape index (κ3) is 7.55. The lowest BCUT2D eigenvalue weighted by molar-refractivity contribution is 0.660. The number of anilines is 9. The SMILES string of the molecule is Cc1cc(C)cc(N(c2ccc(C3(c4ccc(N(c5cc(C)cc(C)c5)c5ccc6c(c5)C(C)(C)c5ccccc5-6)cc4)c4ccccc4N(c4ccccc4)c4ccccc43)cc2)c2ccc3c(c2)C(C)(C)c2ccccc2-3)c1. The largest absolute Gasteiger partial charge is 0.310 e. The maximum Gasteiger partial charge on any atom is 0.0742 e. The van der Waals surface area contributed by atoms with Crippen molar-refractivity contribution in [1.29, 1.82) is 0 Å². The summed E-state index contributed by atoms with van der Waals surface area (Å²) in [4.78, 5) is 7.38. The van der Waals surface area contributed by atoms with Gasteiger partial charge in [0, 0.05) is 50.6 Å². The molecule has 11 aromatic carbocycles. The van der Waals surface area contributed by atoms with Crippen LogP contribution in [0.25, 0.3) is 22.3 Å². The summed E-state index contributed by atoms with van der Waals surface area (Å²) in [6.45, 7) is 18.3. The number of fused-ring (bicyclic) bond motifs is 8. The van der Waals surface area contributed by atoms with Crippen molar-refractivity contribution in [2.24, 2.45) is 0 Å². The van der Waals surface area contributed by atoms with E-state index in [4.69, 9.17) is 0 Å². The lowest BCUT2D eigenvalue weighted by Crippen LogP contribution is -2.37. The Hall–Kier alpha value is -9.18. The molecule has 0 bridgehead atoms. The first-order valence-corrected chi connectivity index (χ1v) is 28.3. The zero-order chi connectivity index (χ0) is 54.7. The summed E-state index contributed by atoms with van der Waals surface area (Å²) in [5.74, 6) is 0. The molecule has 3 nitrogen and oxygen atoms in total. The predicted octanol–water partition coefficient (Wildman–Crippen LogP) is 20.6. The number of hydrogen-bond acceptors (Lipinski definition) is 3. The molecule has 0 fully saturated rings. The Kier molecular flexibility index (Phi) is 11.3. The van der Waals surface area contributed by atoms with E-state index in [1.54, 1.807) is 0 Å². The highest BCUT2D eigenvalue weighted by Gasteiger charge is 2.47. The van der Waals surface area contributed by atoms with Crippen LogP contribution in [0, 0.1) is 27.7 Å². The molecule has 388 valence electrons. The van der Waals surface area contributed by atoms with Gasteiger partial charge in [0.05, 0.1) is 16.8 Å². The Balaban J connectivity index is 0.962. The normalized spacial score (nSPS) is 14.5. The van der Waals surface area contributed by atoms with Crippen molar-refractivity contribution in [3.63, 3.8) is 0 Å². The first-order chi connectivity index (χ1) is 38.8. The number of para-hydroxylation sites is 3. The molecule has 0 saturated carbocycles. The number of benzene rings is 11. The van der Waals surface area contributed by atoms with Gasteiger partial charge in [0.25, 0.3) is 0 Å². The topological polar surface area (TPSA) is 9.72 Å². The highest BCUT2D eigenvalue weighted by atomic mass is 15.2. The van der Waals surface area contributed by atoms with Gasteiger partial charge in [-0.1, -0.05) is 179 Å². The second kappa shape index (κ2) is 18.5. The van der Waals surface area contributed by atoms with Crippen molar-refractivity contribution in [3.05, 3.63) is 315 Å². The lowest BCUT2D eigenvalue weighted by Gasteiger charge is -2.46. The average Bonchev–Trinajstić information content (AvgIpc) is 3.94. The molecule has 1 heterocycles. The van der Waals surface area contributed by atoms with Gasteiger partial charge in [-0.05, 0) is 214 Å². The van der Waals surface area contributed by atoms with Crippen LogP contribution in [0.5, 0.6) is 0 Å². The second-order valence-corrected chi connectivity index (χ2v) is 23.7. The maximum absolute atomic E-state index is 2.46. The highest BCUT2D eigenvalue weighted by Crippen LogP contribution is 2.59. The zero-order valence-corrected chi connectivity index (χ0v) is 47.0. The molecule has 2 aliphatic carbocycles. The second-order valence-electron chi connectivity index (χ2n) is 23.7. The zero-order valence-electron chi connectivity index (χ0n) is 47.0. The van der Waals surface area contributed by atoms with Crippen LogP contribution in [0.1, 0.15) is 94.5 Å². The van der Waals surface area contributed by atoms with Crippen LogP contribution in [-0.2, 0) is 16.2 Å². The van der Waals surface area contributed by atoms with Gasteiger partial charge in [-0.15, -0.1) is 0 Å². The Bertz CT molecular complexity index is 3940. The van der Waals surface area contributed by atoms with E-state index in [9.17, 15) is 0 Å². The standard InChI is InChI=1S/C77H65N3/c1-50-42-51(2)45-61(44-50)78(59-38-40-65-63-22-12-14-24-67(63)75(5,6)71(65)48-59)57-34-30-54(31-35-57)77(69-26-16-18-28-73(69)80(56-20-10-9-11-21-56)74-29-19-17-27-70(74)77)55-32-36-58(37-33-55)79(62-46-52(3)43-53(4)47-62)60-39-41-66-64-23-13-15-25-68(64)76(7,8)72(66)49-60/h9-49H,1-8H3. The molecule has 3 aliphatic rings. The van der Waals surface area contributed by atoms with E-state index in [2.05, 4.69) is 319 Å². The summed E-state index contributed by atoms with van der Waals surface area (Å²) in [7, 11) is 0. The van der Waals surface area contributed by atoms with Gasteiger partial charge in [-0.2, -0.15) is 0 Å². The summed E-state index contributed by atoms with van der Waals surface area (Å²) in [6, 6.07) is 94.0. The van der Waals surface area contributed by atoms with Crippen LogP contribution in [0.3, 0.4) is 0 Å². The van der Waals surface area contributed by atoms with Gasteiger partial charge >= 0.3 is 0 Å². The van der Waals surface area contributed by atoms with Gasteiger partial charge < -0.3 is 14.7 Å². The minimum atomic E-state index is -0.724. The fourth-order valence-corrected chi connectivity index (χ4v) is 14.3. The van der Waals surface area contributed by atoms with Crippen molar-refractivity contribution < 1.29 is 0 Å². The first kappa shape index (κ1) is 49.1. The molecule has 0 amide bonds. The quantitative estimate of drug-likeness (QED) is 0.143. The van der Waals surface area contributed by atoms with Crippen LogP contribution in [0.15, 0.2) is 249 Å². The summed E-state index contributed by atoms with van der Waals surface area (Å²) < 4.78 is 0. The van der Waals surface area contributed by atoms with E-state index in [-0.39, 0.29) is 10.8 Å². The minimum Gasteiger partial charge on any atom is -0.310 e. The van der Waals surface area contributed by atoms with Crippen molar-refractivity contribution in [2.45, 2.75) is 71.6 Å². The van der Waals surface area contributed by atoms with E-state index >= 15 is 0 Å². The predicted molar refractivity (Wildman–Crippen MR) is 336 cm³/mol. The Morgan fingerprint density at radius 3 is 1.02 bits per heavy atom. The molecule has 0 N–H and O–H groups in total. The summed E-state index contributed by atoms with van der Waals surface area (Å²) in [5.41, 5.74) is 29.7. The monoisotopic (exact) mass is 1030 g/mol. The van der Waals surface area contributed by atoms with E-state index in [0.29, 0.717) is 0 Å². The van der Waals surface area contributed by atoms with E-state index in [1.807, 2.05) is 0 Å². The lowest BCUT2D eigenvalue weighted by atomic mass is 9.62. The molecule has 0 spiro atoms. The summed E-state index contributed by atoms with van der Waals surface area (Å²) >= 11 is 0. The van der Waals surface area contributed by atoms with E-state index in [1.165, 1.54) is 89.0 Å². The molecule has 11 aromatic rings.